The zero-order valence-corrected chi connectivity index (χ0v) is 20.3. The molecule has 2 aromatic rings. The van der Waals surface area contributed by atoms with Crippen molar-refractivity contribution in [3.05, 3.63) is 64.7 Å². The van der Waals surface area contributed by atoms with Gasteiger partial charge in [-0.05, 0) is 35.4 Å². The van der Waals surface area contributed by atoms with Crippen LogP contribution in [0.4, 0.5) is 0 Å². The van der Waals surface area contributed by atoms with Crippen molar-refractivity contribution in [3.8, 4) is 0 Å². The molecule has 0 unspecified atom stereocenters. The van der Waals surface area contributed by atoms with Gasteiger partial charge in [-0.25, -0.2) is 12.7 Å². The van der Waals surface area contributed by atoms with Crippen molar-refractivity contribution in [3.63, 3.8) is 0 Å². The molecule has 0 radical (unpaired) electrons. The smallest absolute Gasteiger partial charge is 0.242 e. The summed E-state index contributed by atoms with van der Waals surface area (Å²) in [4.78, 5) is 6.59. The van der Waals surface area contributed by atoms with Crippen LogP contribution in [0.5, 0.6) is 0 Å². The lowest BCUT2D eigenvalue weighted by atomic mass is 10.2. The summed E-state index contributed by atoms with van der Waals surface area (Å²) in [5.74, 6) is 0.745. The summed E-state index contributed by atoms with van der Waals surface area (Å²) in [5.41, 5.74) is 2.09. The van der Waals surface area contributed by atoms with E-state index in [1.807, 2.05) is 36.2 Å². The van der Waals surface area contributed by atoms with Gasteiger partial charge < -0.3 is 10.2 Å². The minimum Gasteiger partial charge on any atom is -0.352 e. The first-order chi connectivity index (χ1) is 12.7. The lowest BCUT2D eigenvalue weighted by Crippen LogP contribution is -2.38. The van der Waals surface area contributed by atoms with E-state index < -0.39 is 10.0 Å². The van der Waals surface area contributed by atoms with Gasteiger partial charge in [0.2, 0.25) is 10.0 Å². The summed E-state index contributed by atoms with van der Waals surface area (Å²) in [6, 6.07) is 14.5. The third-order valence-electron chi connectivity index (χ3n) is 4.06. The van der Waals surface area contributed by atoms with E-state index in [4.69, 9.17) is 11.6 Å². The van der Waals surface area contributed by atoms with Crippen molar-refractivity contribution in [2.24, 2.45) is 4.99 Å². The topological polar surface area (TPSA) is 65.0 Å². The average molecular weight is 537 g/mol. The van der Waals surface area contributed by atoms with Crippen LogP contribution >= 0.6 is 35.6 Å². The lowest BCUT2D eigenvalue weighted by Gasteiger charge is -2.22. The fourth-order valence-electron chi connectivity index (χ4n) is 2.49. The molecule has 0 aliphatic heterocycles. The highest BCUT2D eigenvalue weighted by atomic mass is 127. The van der Waals surface area contributed by atoms with E-state index in [1.165, 1.54) is 18.4 Å². The number of nitrogens with zero attached hydrogens (tertiary/aromatic N) is 3. The van der Waals surface area contributed by atoms with E-state index in [0.29, 0.717) is 18.1 Å². The van der Waals surface area contributed by atoms with Crippen LogP contribution in [0.3, 0.4) is 0 Å². The van der Waals surface area contributed by atoms with Crippen LogP contribution in [0.25, 0.3) is 0 Å². The molecule has 0 aliphatic carbocycles. The van der Waals surface area contributed by atoms with Crippen LogP contribution in [0, 0.1) is 0 Å². The van der Waals surface area contributed by atoms with Gasteiger partial charge in [-0.3, -0.25) is 4.99 Å². The number of sulfonamides is 1. The zero-order valence-electron chi connectivity index (χ0n) is 16.4. The van der Waals surface area contributed by atoms with Crippen molar-refractivity contribution in [1.82, 2.24) is 14.5 Å². The van der Waals surface area contributed by atoms with E-state index in [0.717, 1.165) is 17.1 Å². The van der Waals surface area contributed by atoms with Crippen molar-refractivity contribution >= 4 is 51.6 Å². The van der Waals surface area contributed by atoms with Crippen molar-refractivity contribution < 1.29 is 8.42 Å². The molecule has 0 atom stereocenters. The SMILES string of the molecule is CN=C(NCc1ccc(S(=O)(=O)N(C)C)cc1)N(C)Cc1ccc(Cl)cc1.I. The summed E-state index contributed by atoms with van der Waals surface area (Å²) >= 11 is 5.92. The molecule has 0 saturated heterocycles. The second-order valence-corrected chi connectivity index (χ2v) is 8.90. The third kappa shape index (κ3) is 6.61. The Balaban J connectivity index is 0.00000392. The molecule has 0 fully saturated rings. The predicted octanol–water partition coefficient (Wildman–Crippen LogP) is 3.42. The molecule has 0 aromatic heterocycles. The Kier molecular flexibility index (Phi) is 9.68. The fraction of sp³-hybridized carbons (Fsp3) is 0.316. The van der Waals surface area contributed by atoms with E-state index in [-0.39, 0.29) is 28.9 Å². The van der Waals surface area contributed by atoms with Gasteiger partial charge in [0.15, 0.2) is 5.96 Å². The normalized spacial score (nSPS) is 11.9. The molecule has 0 saturated carbocycles. The minimum absolute atomic E-state index is 0. The van der Waals surface area contributed by atoms with Crippen LogP contribution in [-0.2, 0) is 23.1 Å². The Hall–Kier alpha value is -1.36. The van der Waals surface area contributed by atoms with E-state index in [1.54, 1.807) is 31.3 Å². The van der Waals surface area contributed by atoms with Crippen molar-refractivity contribution in [2.45, 2.75) is 18.0 Å². The number of benzene rings is 2. The van der Waals surface area contributed by atoms with Crippen LogP contribution in [0.2, 0.25) is 5.02 Å². The first-order valence-electron chi connectivity index (χ1n) is 8.41. The molecule has 9 heteroatoms. The molecule has 0 amide bonds. The van der Waals surface area contributed by atoms with Gasteiger partial charge in [-0.1, -0.05) is 35.9 Å². The fourth-order valence-corrected chi connectivity index (χ4v) is 3.52. The number of rotatable bonds is 6. The number of hydrogen-bond acceptors (Lipinski definition) is 3. The van der Waals surface area contributed by atoms with Crippen LogP contribution in [0.1, 0.15) is 11.1 Å². The van der Waals surface area contributed by atoms with Gasteiger partial charge in [0, 0.05) is 46.3 Å². The maximum absolute atomic E-state index is 12.1. The zero-order chi connectivity index (χ0) is 20.0. The molecule has 6 nitrogen and oxygen atoms in total. The van der Waals surface area contributed by atoms with Crippen molar-refractivity contribution in [1.29, 1.82) is 0 Å². The predicted molar refractivity (Wildman–Crippen MR) is 126 cm³/mol. The third-order valence-corrected chi connectivity index (χ3v) is 6.14. The highest BCUT2D eigenvalue weighted by Crippen LogP contribution is 2.14. The highest BCUT2D eigenvalue weighted by molar-refractivity contribution is 14.0. The van der Waals surface area contributed by atoms with Gasteiger partial charge >= 0.3 is 0 Å². The number of guanidine groups is 1. The van der Waals surface area contributed by atoms with Crippen LogP contribution < -0.4 is 5.32 Å². The first-order valence-corrected chi connectivity index (χ1v) is 10.2. The molecule has 0 heterocycles. The minimum atomic E-state index is -3.41. The summed E-state index contributed by atoms with van der Waals surface area (Å²) in [5, 5.41) is 4.00. The summed E-state index contributed by atoms with van der Waals surface area (Å²) in [6.07, 6.45) is 0. The number of hydrogen-bond donors (Lipinski definition) is 1. The van der Waals surface area contributed by atoms with Gasteiger partial charge in [0.25, 0.3) is 0 Å². The van der Waals surface area contributed by atoms with Gasteiger partial charge in [0.05, 0.1) is 4.90 Å². The number of nitrogens with one attached hydrogen (secondary N) is 1. The Labute approximate surface area is 189 Å². The van der Waals surface area contributed by atoms with Gasteiger partial charge in [-0.15, -0.1) is 24.0 Å². The second-order valence-electron chi connectivity index (χ2n) is 6.31. The highest BCUT2D eigenvalue weighted by Gasteiger charge is 2.16. The first kappa shape index (κ1) is 24.7. The van der Waals surface area contributed by atoms with Gasteiger partial charge in [-0.2, -0.15) is 0 Å². The molecular weight excluding hydrogens is 511 g/mol. The molecule has 0 bridgehead atoms. The monoisotopic (exact) mass is 536 g/mol. The molecule has 0 spiro atoms. The second kappa shape index (κ2) is 11.0. The summed E-state index contributed by atoms with van der Waals surface area (Å²) < 4.78 is 25.4. The molecule has 28 heavy (non-hydrogen) atoms. The summed E-state index contributed by atoms with van der Waals surface area (Å²) in [7, 11) is 3.31. The molecule has 154 valence electrons. The van der Waals surface area contributed by atoms with Crippen molar-refractivity contribution in [2.75, 3.05) is 28.2 Å². The quantitative estimate of drug-likeness (QED) is 0.349. The van der Waals surface area contributed by atoms with Crippen LogP contribution in [-0.4, -0.2) is 51.8 Å². The van der Waals surface area contributed by atoms with E-state index in [9.17, 15) is 8.42 Å². The largest absolute Gasteiger partial charge is 0.352 e. The maximum Gasteiger partial charge on any atom is 0.242 e. The Morgan fingerprint density at radius 3 is 2.04 bits per heavy atom. The Morgan fingerprint density at radius 2 is 1.54 bits per heavy atom. The standard InChI is InChI=1S/C19H25ClN4O2S.HI/c1-21-19(24(4)14-16-5-9-17(20)10-6-16)22-13-15-7-11-18(12-8-15)27(25,26)23(2)3;/h5-12H,13-14H2,1-4H3,(H,21,22);1H. The molecule has 2 aromatic carbocycles. The van der Waals surface area contributed by atoms with E-state index in [2.05, 4.69) is 10.3 Å². The molecule has 2 rings (SSSR count). The number of halogens is 2. The van der Waals surface area contributed by atoms with Crippen LogP contribution in [0.15, 0.2) is 58.4 Å². The average Bonchev–Trinajstić information content (AvgIpc) is 2.64. The lowest BCUT2D eigenvalue weighted by molar-refractivity contribution is 0.476. The maximum atomic E-state index is 12.1. The molecule has 0 aliphatic rings. The molecular formula is C19H26ClIN4O2S. The summed E-state index contributed by atoms with van der Waals surface area (Å²) in [6.45, 7) is 1.23. The Bertz CT molecular complexity index is 885. The van der Waals surface area contributed by atoms with E-state index >= 15 is 0 Å². The number of aliphatic imine (C=N–C) groups is 1. The molecule has 1 N–H and O–H groups in total. The van der Waals surface area contributed by atoms with Gasteiger partial charge in [0.1, 0.15) is 0 Å². The Morgan fingerprint density at radius 1 is 1.00 bits per heavy atom.